The van der Waals surface area contributed by atoms with E-state index in [0.717, 1.165) is 19.3 Å². The highest BCUT2D eigenvalue weighted by Crippen LogP contribution is 2.05. The molecule has 0 aromatic carbocycles. The Morgan fingerprint density at radius 2 is 1.93 bits per heavy atom. The third-order valence-electron chi connectivity index (χ3n) is 2.28. The highest BCUT2D eigenvalue weighted by atomic mass is 16.4. The number of nitrogens with two attached hydrogens (primary N) is 1. The van der Waals surface area contributed by atoms with Gasteiger partial charge in [-0.2, -0.15) is 0 Å². The molecule has 2 unspecified atom stereocenters. The lowest BCUT2D eigenvalue weighted by molar-refractivity contribution is -0.139. The van der Waals surface area contributed by atoms with Crippen molar-refractivity contribution in [2.45, 2.75) is 51.6 Å². The lowest BCUT2D eigenvalue weighted by Crippen LogP contribution is -2.41. The summed E-state index contributed by atoms with van der Waals surface area (Å²) in [7, 11) is 0. The fraction of sp³-hybridized carbons (Fsp3) is 0.727. The van der Waals surface area contributed by atoms with Crippen molar-refractivity contribution in [1.82, 2.24) is 5.32 Å². The molecule has 0 aliphatic heterocycles. The lowest BCUT2D eigenvalue weighted by atomic mass is 10.1. The maximum atomic E-state index is 10.9. The van der Waals surface area contributed by atoms with E-state index in [4.69, 9.17) is 10.8 Å². The van der Waals surface area contributed by atoms with Gasteiger partial charge in [0.1, 0.15) is 6.04 Å². The predicted molar refractivity (Wildman–Crippen MR) is 61.5 cm³/mol. The van der Waals surface area contributed by atoms with Crippen molar-refractivity contribution in [3.05, 3.63) is 12.3 Å². The monoisotopic (exact) mass is 214 g/mol. The van der Waals surface area contributed by atoms with Gasteiger partial charge in [-0.15, -0.1) is 0 Å². The van der Waals surface area contributed by atoms with Crippen LogP contribution >= 0.6 is 0 Å². The van der Waals surface area contributed by atoms with Gasteiger partial charge in [0, 0.05) is 11.7 Å². The van der Waals surface area contributed by atoms with Crippen LogP contribution in [0.3, 0.4) is 0 Å². The topological polar surface area (TPSA) is 75.3 Å². The largest absolute Gasteiger partial charge is 0.480 e. The van der Waals surface area contributed by atoms with Gasteiger partial charge in [-0.05, 0) is 12.8 Å². The fourth-order valence-electron chi connectivity index (χ4n) is 1.36. The SMILES string of the molecule is C=C(NC(CCC)C(=O)O)C(N)CCC. The first-order valence-electron chi connectivity index (χ1n) is 5.46. The number of hydrogen-bond acceptors (Lipinski definition) is 3. The third-order valence-corrected chi connectivity index (χ3v) is 2.28. The maximum absolute atomic E-state index is 10.9. The van der Waals surface area contributed by atoms with Crippen molar-refractivity contribution in [3.63, 3.8) is 0 Å². The molecule has 0 bridgehead atoms. The van der Waals surface area contributed by atoms with Crippen LogP contribution in [0.5, 0.6) is 0 Å². The average molecular weight is 214 g/mol. The number of carboxylic acids is 1. The Balaban J connectivity index is 4.15. The molecular weight excluding hydrogens is 192 g/mol. The molecular formula is C11H22N2O2. The molecule has 4 N–H and O–H groups in total. The van der Waals surface area contributed by atoms with Crippen molar-refractivity contribution in [3.8, 4) is 0 Å². The minimum Gasteiger partial charge on any atom is -0.480 e. The Labute approximate surface area is 91.5 Å². The molecule has 0 spiro atoms. The molecule has 0 heterocycles. The van der Waals surface area contributed by atoms with Crippen LogP contribution in [0.25, 0.3) is 0 Å². The smallest absolute Gasteiger partial charge is 0.326 e. The van der Waals surface area contributed by atoms with E-state index in [1.54, 1.807) is 0 Å². The number of hydrogen-bond donors (Lipinski definition) is 3. The highest BCUT2D eigenvalue weighted by molar-refractivity contribution is 5.73. The zero-order chi connectivity index (χ0) is 11.8. The molecule has 2 atom stereocenters. The van der Waals surface area contributed by atoms with E-state index in [-0.39, 0.29) is 6.04 Å². The molecule has 88 valence electrons. The van der Waals surface area contributed by atoms with E-state index < -0.39 is 12.0 Å². The van der Waals surface area contributed by atoms with Gasteiger partial charge in [-0.25, -0.2) is 4.79 Å². The molecule has 4 heteroatoms. The predicted octanol–water partition coefficient (Wildman–Crippen LogP) is 1.47. The Bertz CT molecular complexity index is 217. The molecule has 0 amide bonds. The Morgan fingerprint density at radius 3 is 2.33 bits per heavy atom. The highest BCUT2D eigenvalue weighted by Gasteiger charge is 2.18. The quantitative estimate of drug-likeness (QED) is 0.572. The summed E-state index contributed by atoms with van der Waals surface area (Å²) >= 11 is 0. The minimum atomic E-state index is -0.846. The summed E-state index contributed by atoms with van der Waals surface area (Å²) in [6.07, 6.45) is 3.20. The third kappa shape index (κ3) is 5.42. The second-order valence-electron chi connectivity index (χ2n) is 3.74. The molecule has 0 aromatic heterocycles. The van der Waals surface area contributed by atoms with Crippen molar-refractivity contribution >= 4 is 5.97 Å². The number of aliphatic carboxylic acids is 1. The summed E-state index contributed by atoms with van der Waals surface area (Å²) in [6.45, 7) is 7.76. The van der Waals surface area contributed by atoms with Crippen LogP contribution < -0.4 is 11.1 Å². The van der Waals surface area contributed by atoms with E-state index in [9.17, 15) is 4.79 Å². The van der Waals surface area contributed by atoms with Crippen LogP contribution in [0.2, 0.25) is 0 Å². The number of carboxylic acid groups (broad SMARTS) is 1. The van der Waals surface area contributed by atoms with Gasteiger partial charge < -0.3 is 16.2 Å². The number of nitrogens with one attached hydrogen (secondary N) is 1. The van der Waals surface area contributed by atoms with Crippen LogP contribution in [0.15, 0.2) is 12.3 Å². The van der Waals surface area contributed by atoms with E-state index in [2.05, 4.69) is 11.9 Å². The molecule has 0 aliphatic rings. The van der Waals surface area contributed by atoms with Crippen LogP contribution in [0.1, 0.15) is 39.5 Å². The number of rotatable bonds is 8. The maximum Gasteiger partial charge on any atom is 0.326 e. The van der Waals surface area contributed by atoms with Crippen molar-refractivity contribution in [2.24, 2.45) is 5.73 Å². The molecule has 0 aliphatic carbocycles. The van der Waals surface area contributed by atoms with Gasteiger partial charge >= 0.3 is 5.97 Å². The summed E-state index contributed by atoms with van der Waals surface area (Å²) in [5.41, 5.74) is 6.44. The zero-order valence-corrected chi connectivity index (χ0v) is 9.62. The van der Waals surface area contributed by atoms with Gasteiger partial charge in [-0.1, -0.05) is 33.3 Å². The summed E-state index contributed by atoms with van der Waals surface area (Å²) in [4.78, 5) is 10.9. The summed E-state index contributed by atoms with van der Waals surface area (Å²) in [5, 5.41) is 11.8. The molecule has 0 saturated carbocycles. The van der Waals surface area contributed by atoms with Crippen LogP contribution in [-0.2, 0) is 4.79 Å². The van der Waals surface area contributed by atoms with Crippen molar-refractivity contribution in [1.29, 1.82) is 0 Å². The van der Waals surface area contributed by atoms with E-state index in [0.29, 0.717) is 12.1 Å². The first-order chi connectivity index (χ1) is 7.02. The van der Waals surface area contributed by atoms with E-state index in [1.165, 1.54) is 0 Å². The van der Waals surface area contributed by atoms with Gasteiger partial charge in [0.25, 0.3) is 0 Å². The molecule has 0 saturated heterocycles. The average Bonchev–Trinajstić information content (AvgIpc) is 2.17. The first-order valence-corrected chi connectivity index (χ1v) is 5.46. The Morgan fingerprint density at radius 1 is 1.40 bits per heavy atom. The fourth-order valence-corrected chi connectivity index (χ4v) is 1.36. The summed E-state index contributed by atoms with van der Waals surface area (Å²) in [5.74, 6) is -0.846. The summed E-state index contributed by atoms with van der Waals surface area (Å²) < 4.78 is 0. The van der Waals surface area contributed by atoms with Crippen molar-refractivity contribution < 1.29 is 9.90 Å². The van der Waals surface area contributed by atoms with E-state index >= 15 is 0 Å². The Kier molecular flexibility index (Phi) is 6.79. The molecule has 0 aromatic rings. The molecule has 0 radical (unpaired) electrons. The minimum absolute atomic E-state index is 0.159. The number of carbonyl (C=O) groups is 1. The first kappa shape index (κ1) is 14.0. The summed E-state index contributed by atoms with van der Waals surface area (Å²) in [6, 6.07) is -0.723. The van der Waals surface area contributed by atoms with E-state index in [1.807, 2.05) is 13.8 Å². The standard InChI is InChI=1S/C11H22N2O2/c1-4-6-9(12)8(3)13-10(7-5-2)11(14)15/h9-10,13H,3-7,12H2,1-2H3,(H,14,15). The van der Waals surface area contributed by atoms with Crippen molar-refractivity contribution in [2.75, 3.05) is 0 Å². The van der Waals surface area contributed by atoms with Gasteiger partial charge in [0.15, 0.2) is 0 Å². The van der Waals surface area contributed by atoms with Gasteiger partial charge in [0.05, 0.1) is 0 Å². The van der Waals surface area contributed by atoms with Crippen LogP contribution in [0, 0.1) is 0 Å². The van der Waals surface area contributed by atoms with Gasteiger partial charge in [0.2, 0.25) is 0 Å². The Hall–Kier alpha value is -1.03. The van der Waals surface area contributed by atoms with Gasteiger partial charge in [-0.3, -0.25) is 0 Å². The van der Waals surface area contributed by atoms with Crippen LogP contribution in [0.4, 0.5) is 0 Å². The second-order valence-corrected chi connectivity index (χ2v) is 3.74. The van der Waals surface area contributed by atoms with Crippen LogP contribution in [-0.4, -0.2) is 23.2 Å². The lowest BCUT2D eigenvalue weighted by Gasteiger charge is -2.21. The molecule has 0 rings (SSSR count). The molecule has 0 fully saturated rings. The second kappa shape index (κ2) is 7.29. The molecule has 15 heavy (non-hydrogen) atoms. The molecule has 4 nitrogen and oxygen atoms in total. The normalized spacial score (nSPS) is 14.3. The zero-order valence-electron chi connectivity index (χ0n) is 9.62.